The summed E-state index contributed by atoms with van der Waals surface area (Å²) in [5.41, 5.74) is 8.43. The Labute approximate surface area is 156 Å². The predicted molar refractivity (Wildman–Crippen MR) is 104 cm³/mol. The average molecular weight is 352 g/mol. The summed E-state index contributed by atoms with van der Waals surface area (Å²) in [7, 11) is 1.66. The Morgan fingerprint density at radius 2 is 1.69 bits per heavy atom. The molecule has 0 spiro atoms. The second-order valence-electron chi connectivity index (χ2n) is 7.14. The van der Waals surface area contributed by atoms with Crippen LogP contribution in [0.1, 0.15) is 36.8 Å². The predicted octanol–water partition coefficient (Wildman–Crippen LogP) is 3.74. The fourth-order valence-electron chi connectivity index (χ4n) is 3.66. The third-order valence-electron chi connectivity index (χ3n) is 5.26. The Morgan fingerprint density at radius 1 is 1.04 bits per heavy atom. The number of hydrogen-bond donors (Lipinski definition) is 1. The maximum absolute atomic E-state index is 13.0. The Hall–Kier alpha value is -2.33. The maximum atomic E-state index is 13.0. The first-order valence-corrected chi connectivity index (χ1v) is 9.36. The number of amides is 1. The lowest BCUT2D eigenvalue weighted by atomic mass is 9.99. The van der Waals surface area contributed by atoms with Crippen molar-refractivity contribution in [2.45, 2.75) is 44.8 Å². The molecule has 0 aromatic heterocycles. The molecule has 0 unspecified atom stereocenters. The first-order chi connectivity index (χ1) is 12.7. The Balaban J connectivity index is 1.72. The SMILES string of the molecule is COc1ccc(CN(Cc2ccccc2)C(=O)C[C@@H]2CCC[C@H]2N)cc1. The van der Waals surface area contributed by atoms with Gasteiger partial charge in [-0.15, -0.1) is 0 Å². The Morgan fingerprint density at radius 3 is 2.27 bits per heavy atom. The van der Waals surface area contributed by atoms with Crippen LogP contribution in [-0.2, 0) is 17.9 Å². The molecular formula is C22H28N2O2. The third kappa shape index (κ3) is 4.85. The minimum Gasteiger partial charge on any atom is -0.497 e. The number of nitrogens with two attached hydrogens (primary N) is 1. The van der Waals surface area contributed by atoms with Crippen molar-refractivity contribution in [3.05, 3.63) is 65.7 Å². The van der Waals surface area contributed by atoms with Gasteiger partial charge in [-0.1, -0.05) is 48.9 Å². The zero-order valence-corrected chi connectivity index (χ0v) is 15.4. The molecule has 2 atom stereocenters. The highest BCUT2D eigenvalue weighted by Gasteiger charge is 2.28. The number of rotatable bonds is 7. The van der Waals surface area contributed by atoms with Crippen molar-refractivity contribution in [2.75, 3.05) is 7.11 Å². The minimum absolute atomic E-state index is 0.165. The molecule has 3 rings (SSSR count). The van der Waals surface area contributed by atoms with Gasteiger partial charge in [-0.3, -0.25) is 4.79 Å². The van der Waals surface area contributed by atoms with Crippen LogP contribution in [0, 0.1) is 5.92 Å². The van der Waals surface area contributed by atoms with Crippen LogP contribution in [-0.4, -0.2) is 24.0 Å². The van der Waals surface area contributed by atoms with E-state index in [1.54, 1.807) is 7.11 Å². The topological polar surface area (TPSA) is 55.6 Å². The van der Waals surface area contributed by atoms with Gasteiger partial charge in [-0.2, -0.15) is 0 Å². The highest BCUT2D eigenvalue weighted by atomic mass is 16.5. The number of carbonyl (C=O) groups is 1. The summed E-state index contributed by atoms with van der Waals surface area (Å²) < 4.78 is 5.22. The van der Waals surface area contributed by atoms with E-state index in [9.17, 15) is 4.79 Å². The second-order valence-corrected chi connectivity index (χ2v) is 7.14. The molecule has 0 heterocycles. The first-order valence-electron chi connectivity index (χ1n) is 9.36. The normalized spacial score (nSPS) is 19.3. The van der Waals surface area contributed by atoms with Gasteiger partial charge in [0.15, 0.2) is 0 Å². The lowest BCUT2D eigenvalue weighted by molar-refractivity contribution is -0.133. The van der Waals surface area contributed by atoms with E-state index in [2.05, 4.69) is 12.1 Å². The number of nitrogens with zero attached hydrogens (tertiary/aromatic N) is 1. The fourth-order valence-corrected chi connectivity index (χ4v) is 3.66. The molecule has 0 radical (unpaired) electrons. The van der Waals surface area contributed by atoms with Crippen LogP contribution in [0.4, 0.5) is 0 Å². The van der Waals surface area contributed by atoms with Crippen LogP contribution in [0.2, 0.25) is 0 Å². The van der Waals surface area contributed by atoms with Crippen LogP contribution in [0.3, 0.4) is 0 Å². The summed E-state index contributed by atoms with van der Waals surface area (Å²) in [5.74, 6) is 1.33. The number of carbonyl (C=O) groups excluding carboxylic acids is 1. The number of hydrogen-bond acceptors (Lipinski definition) is 3. The van der Waals surface area contributed by atoms with Gasteiger partial charge in [0.2, 0.25) is 5.91 Å². The minimum atomic E-state index is 0.165. The molecule has 0 bridgehead atoms. The van der Waals surface area contributed by atoms with Gasteiger partial charge in [0, 0.05) is 25.6 Å². The zero-order valence-electron chi connectivity index (χ0n) is 15.4. The van der Waals surface area contributed by atoms with Gasteiger partial charge in [0.05, 0.1) is 7.11 Å². The van der Waals surface area contributed by atoms with Gasteiger partial charge >= 0.3 is 0 Å². The van der Waals surface area contributed by atoms with Gasteiger partial charge in [0.1, 0.15) is 5.75 Å². The maximum Gasteiger partial charge on any atom is 0.223 e. The van der Waals surface area contributed by atoms with Crippen LogP contribution in [0.5, 0.6) is 5.75 Å². The number of methoxy groups -OCH3 is 1. The zero-order chi connectivity index (χ0) is 18.4. The molecule has 1 saturated carbocycles. The van der Waals surface area contributed by atoms with Crippen LogP contribution < -0.4 is 10.5 Å². The van der Waals surface area contributed by atoms with Crippen molar-refractivity contribution in [2.24, 2.45) is 11.7 Å². The standard InChI is InChI=1S/C22H28N2O2/c1-26-20-12-10-18(11-13-20)16-24(15-17-6-3-2-4-7-17)22(25)14-19-8-5-9-21(19)23/h2-4,6-7,10-13,19,21H,5,8-9,14-16,23H2,1H3/t19-,21+/m0/s1. The van der Waals surface area contributed by atoms with Crippen molar-refractivity contribution >= 4 is 5.91 Å². The quantitative estimate of drug-likeness (QED) is 0.826. The highest BCUT2D eigenvalue weighted by molar-refractivity contribution is 5.76. The van der Waals surface area contributed by atoms with Gasteiger partial charge in [0.25, 0.3) is 0 Å². The lowest BCUT2D eigenvalue weighted by Gasteiger charge is -2.26. The van der Waals surface area contributed by atoms with Crippen LogP contribution in [0.15, 0.2) is 54.6 Å². The van der Waals surface area contributed by atoms with E-state index < -0.39 is 0 Å². The smallest absolute Gasteiger partial charge is 0.223 e. The summed E-state index contributed by atoms with van der Waals surface area (Å²) in [4.78, 5) is 15.0. The van der Waals surface area contributed by atoms with Gasteiger partial charge < -0.3 is 15.4 Å². The molecule has 2 N–H and O–H groups in total. The monoisotopic (exact) mass is 352 g/mol. The van der Waals surface area contributed by atoms with E-state index in [0.29, 0.717) is 25.4 Å². The summed E-state index contributed by atoms with van der Waals surface area (Å²) in [5, 5.41) is 0. The van der Waals surface area contributed by atoms with Crippen molar-refractivity contribution in [1.82, 2.24) is 4.90 Å². The van der Waals surface area contributed by atoms with Gasteiger partial charge in [-0.25, -0.2) is 0 Å². The van der Waals surface area contributed by atoms with Crippen molar-refractivity contribution in [3.63, 3.8) is 0 Å². The van der Waals surface area contributed by atoms with Crippen LogP contribution >= 0.6 is 0 Å². The molecule has 1 fully saturated rings. The molecule has 138 valence electrons. The van der Waals surface area contributed by atoms with E-state index in [1.165, 1.54) is 0 Å². The molecule has 2 aromatic carbocycles. The molecule has 4 nitrogen and oxygen atoms in total. The largest absolute Gasteiger partial charge is 0.497 e. The Kier molecular flexibility index (Phi) is 6.29. The van der Waals surface area contributed by atoms with Gasteiger partial charge in [-0.05, 0) is 42.0 Å². The van der Waals surface area contributed by atoms with Crippen LogP contribution in [0.25, 0.3) is 0 Å². The lowest BCUT2D eigenvalue weighted by Crippen LogP contribution is -2.34. The molecule has 2 aromatic rings. The summed E-state index contributed by atoms with van der Waals surface area (Å²) in [6, 6.07) is 18.2. The molecule has 4 heteroatoms. The molecule has 0 saturated heterocycles. The van der Waals surface area contributed by atoms with E-state index in [1.807, 2.05) is 47.4 Å². The number of benzene rings is 2. The number of ether oxygens (including phenoxy) is 1. The first kappa shape index (κ1) is 18.5. The Bertz CT molecular complexity index is 700. The molecule has 1 amide bonds. The van der Waals surface area contributed by atoms with E-state index in [4.69, 9.17) is 10.5 Å². The third-order valence-corrected chi connectivity index (χ3v) is 5.26. The molecule has 26 heavy (non-hydrogen) atoms. The van der Waals surface area contributed by atoms with E-state index in [-0.39, 0.29) is 11.9 Å². The fraction of sp³-hybridized carbons (Fsp3) is 0.409. The molecule has 1 aliphatic rings. The summed E-state index contributed by atoms with van der Waals surface area (Å²) >= 11 is 0. The highest BCUT2D eigenvalue weighted by Crippen LogP contribution is 2.28. The van der Waals surface area contributed by atoms with Crippen molar-refractivity contribution in [3.8, 4) is 5.75 Å². The van der Waals surface area contributed by atoms with Crippen molar-refractivity contribution in [1.29, 1.82) is 0 Å². The molecular weight excluding hydrogens is 324 g/mol. The molecule has 0 aliphatic heterocycles. The second kappa shape index (κ2) is 8.86. The summed E-state index contributed by atoms with van der Waals surface area (Å²) in [6.45, 7) is 1.22. The van der Waals surface area contributed by atoms with E-state index in [0.717, 1.165) is 36.1 Å². The average Bonchev–Trinajstić information content (AvgIpc) is 3.07. The van der Waals surface area contributed by atoms with E-state index >= 15 is 0 Å². The summed E-state index contributed by atoms with van der Waals surface area (Å²) in [6.07, 6.45) is 3.78. The van der Waals surface area contributed by atoms with Crippen molar-refractivity contribution < 1.29 is 9.53 Å². The molecule has 1 aliphatic carbocycles.